The van der Waals surface area contributed by atoms with E-state index in [4.69, 9.17) is 10.5 Å². The fraction of sp³-hybridized carbons (Fsp3) is 0.800. The Morgan fingerprint density at radius 3 is 2.77 bits per heavy atom. The first-order valence-electron chi connectivity index (χ1n) is 4.89. The Bertz CT molecular complexity index is 172. The van der Waals surface area contributed by atoms with Gasteiger partial charge in [-0.3, -0.25) is 0 Å². The van der Waals surface area contributed by atoms with Gasteiger partial charge < -0.3 is 10.5 Å². The van der Waals surface area contributed by atoms with Gasteiger partial charge >= 0.3 is 0 Å². The van der Waals surface area contributed by atoms with Crippen molar-refractivity contribution < 1.29 is 4.74 Å². The maximum atomic E-state index is 5.72. The Hall–Kier alpha value is 0.140. The second-order valence-electron chi connectivity index (χ2n) is 3.65. The van der Waals surface area contributed by atoms with Gasteiger partial charge in [0, 0.05) is 4.48 Å². The lowest BCUT2D eigenvalue weighted by atomic mass is 9.86. The van der Waals surface area contributed by atoms with Crippen molar-refractivity contribution in [1.82, 2.24) is 0 Å². The predicted molar refractivity (Wildman–Crippen MR) is 58.8 cm³/mol. The smallest absolute Gasteiger partial charge is 0.0779 e. The molecule has 0 spiro atoms. The van der Waals surface area contributed by atoms with E-state index in [2.05, 4.69) is 22.5 Å². The fourth-order valence-electron chi connectivity index (χ4n) is 1.86. The minimum atomic E-state index is 0.355. The van der Waals surface area contributed by atoms with Crippen LogP contribution in [0.25, 0.3) is 0 Å². The maximum Gasteiger partial charge on any atom is 0.0779 e. The minimum absolute atomic E-state index is 0.355. The molecule has 2 atom stereocenters. The van der Waals surface area contributed by atoms with Crippen molar-refractivity contribution in [3.05, 3.63) is 11.1 Å². The quantitative estimate of drug-likeness (QED) is 0.829. The molecule has 0 bridgehead atoms. The van der Waals surface area contributed by atoms with E-state index in [0.717, 1.165) is 17.4 Å². The van der Waals surface area contributed by atoms with Crippen LogP contribution in [0.4, 0.5) is 0 Å². The standard InChI is InChI=1S/C10H18BrNO/c1-8(11)7-13-10-5-3-2-4-9(10)6-12/h9-10H,1-7,12H2. The van der Waals surface area contributed by atoms with E-state index in [1.165, 1.54) is 19.3 Å². The molecule has 1 saturated carbocycles. The lowest BCUT2D eigenvalue weighted by molar-refractivity contribution is 0.00630. The maximum absolute atomic E-state index is 5.72. The molecule has 2 nitrogen and oxygen atoms in total. The van der Waals surface area contributed by atoms with E-state index in [0.29, 0.717) is 18.6 Å². The Labute approximate surface area is 88.6 Å². The third-order valence-electron chi connectivity index (χ3n) is 2.60. The summed E-state index contributed by atoms with van der Waals surface area (Å²) in [6.07, 6.45) is 5.30. The molecule has 2 unspecified atom stereocenters. The summed E-state index contributed by atoms with van der Waals surface area (Å²) in [5.74, 6) is 0.556. The first-order valence-corrected chi connectivity index (χ1v) is 5.68. The summed E-state index contributed by atoms with van der Waals surface area (Å²) in [7, 11) is 0. The highest BCUT2D eigenvalue weighted by atomic mass is 79.9. The molecule has 0 heterocycles. The van der Waals surface area contributed by atoms with Crippen LogP contribution in [0, 0.1) is 5.92 Å². The van der Waals surface area contributed by atoms with E-state index in [1.54, 1.807) is 0 Å². The van der Waals surface area contributed by atoms with Crippen LogP contribution in [0.3, 0.4) is 0 Å². The minimum Gasteiger partial charge on any atom is -0.373 e. The van der Waals surface area contributed by atoms with E-state index in [1.807, 2.05) is 0 Å². The molecule has 76 valence electrons. The summed E-state index contributed by atoms with van der Waals surface area (Å²) in [6.45, 7) is 5.11. The van der Waals surface area contributed by atoms with Crippen molar-refractivity contribution >= 4 is 15.9 Å². The molecule has 0 aromatic rings. The molecule has 0 amide bonds. The molecular weight excluding hydrogens is 230 g/mol. The van der Waals surface area contributed by atoms with Crippen LogP contribution in [-0.2, 0) is 4.74 Å². The molecule has 1 rings (SSSR count). The van der Waals surface area contributed by atoms with Crippen LogP contribution in [0.2, 0.25) is 0 Å². The highest BCUT2D eigenvalue weighted by molar-refractivity contribution is 9.11. The molecule has 1 fully saturated rings. The van der Waals surface area contributed by atoms with Crippen molar-refractivity contribution in [2.24, 2.45) is 11.7 Å². The topological polar surface area (TPSA) is 35.2 Å². The van der Waals surface area contributed by atoms with Crippen LogP contribution in [0.15, 0.2) is 11.1 Å². The first kappa shape index (κ1) is 11.2. The molecular formula is C10H18BrNO. The zero-order valence-corrected chi connectivity index (χ0v) is 9.55. The van der Waals surface area contributed by atoms with Gasteiger partial charge in [-0.25, -0.2) is 0 Å². The third-order valence-corrected chi connectivity index (χ3v) is 2.83. The molecule has 0 saturated heterocycles. The second-order valence-corrected chi connectivity index (χ2v) is 4.77. The van der Waals surface area contributed by atoms with Gasteiger partial charge in [-0.2, -0.15) is 0 Å². The highest BCUT2D eigenvalue weighted by Crippen LogP contribution is 2.26. The van der Waals surface area contributed by atoms with Gasteiger partial charge in [0.25, 0.3) is 0 Å². The molecule has 0 aliphatic heterocycles. The van der Waals surface area contributed by atoms with Crippen LogP contribution < -0.4 is 5.73 Å². The van der Waals surface area contributed by atoms with Crippen molar-refractivity contribution in [2.75, 3.05) is 13.2 Å². The summed E-state index contributed by atoms with van der Waals surface area (Å²) < 4.78 is 6.63. The molecule has 3 heteroatoms. The number of ether oxygens (including phenoxy) is 1. The molecule has 1 aliphatic rings. The van der Waals surface area contributed by atoms with Gasteiger partial charge in [-0.1, -0.05) is 35.4 Å². The van der Waals surface area contributed by atoms with Crippen LogP contribution in [-0.4, -0.2) is 19.3 Å². The predicted octanol–water partition coefficient (Wildman–Crippen LogP) is 2.43. The van der Waals surface area contributed by atoms with Gasteiger partial charge in [-0.05, 0) is 25.3 Å². The summed E-state index contributed by atoms with van der Waals surface area (Å²) in [5, 5.41) is 0. The molecule has 2 N–H and O–H groups in total. The largest absolute Gasteiger partial charge is 0.373 e. The van der Waals surface area contributed by atoms with E-state index in [9.17, 15) is 0 Å². The summed E-state index contributed by atoms with van der Waals surface area (Å²) in [5.41, 5.74) is 5.69. The number of hydrogen-bond acceptors (Lipinski definition) is 2. The third kappa shape index (κ3) is 3.79. The summed E-state index contributed by atoms with van der Waals surface area (Å²) in [6, 6.07) is 0. The van der Waals surface area contributed by atoms with Gasteiger partial charge in [0.1, 0.15) is 0 Å². The van der Waals surface area contributed by atoms with E-state index >= 15 is 0 Å². The first-order chi connectivity index (χ1) is 6.24. The highest BCUT2D eigenvalue weighted by Gasteiger charge is 2.24. The lowest BCUT2D eigenvalue weighted by Crippen LogP contribution is -2.33. The number of halogens is 1. The fourth-order valence-corrected chi connectivity index (χ4v) is 1.99. The molecule has 0 aromatic carbocycles. The Balaban J connectivity index is 2.31. The van der Waals surface area contributed by atoms with E-state index < -0.39 is 0 Å². The van der Waals surface area contributed by atoms with Crippen LogP contribution in [0.1, 0.15) is 25.7 Å². The number of nitrogens with two attached hydrogens (primary N) is 1. The van der Waals surface area contributed by atoms with Gasteiger partial charge in [0.2, 0.25) is 0 Å². The average molecular weight is 248 g/mol. The molecule has 0 radical (unpaired) electrons. The van der Waals surface area contributed by atoms with Gasteiger partial charge in [0.05, 0.1) is 12.7 Å². The second kappa shape index (κ2) is 5.78. The van der Waals surface area contributed by atoms with E-state index in [-0.39, 0.29) is 0 Å². The Morgan fingerprint density at radius 2 is 2.15 bits per heavy atom. The molecule has 1 aliphatic carbocycles. The van der Waals surface area contributed by atoms with Crippen LogP contribution in [0.5, 0.6) is 0 Å². The van der Waals surface area contributed by atoms with Crippen molar-refractivity contribution in [1.29, 1.82) is 0 Å². The zero-order valence-electron chi connectivity index (χ0n) is 7.97. The Kier molecular flexibility index (Phi) is 4.99. The van der Waals surface area contributed by atoms with Crippen molar-refractivity contribution in [3.8, 4) is 0 Å². The molecule has 0 aromatic heterocycles. The lowest BCUT2D eigenvalue weighted by Gasteiger charge is -2.30. The molecule has 13 heavy (non-hydrogen) atoms. The summed E-state index contributed by atoms with van der Waals surface area (Å²) in [4.78, 5) is 0. The van der Waals surface area contributed by atoms with Crippen molar-refractivity contribution in [2.45, 2.75) is 31.8 Å². The van der Waals surface area contributed by atoms with Crippen LogP contribution >= 0.6 is 15.9 Å². The number of rotatable bonds is 4. The average Bonchev–Trinajstić information content (AvgIpc) is 2.15. The summed E-state index contributed by atoms with van der Waals surface area (Å²) >= 11 is 3.29. The SMILES string of the molecule is C=C(Br)COC1CCCCC1CN. The van der Waals surface area contributed by atoms with Crippen molar-refractivity contribution in [3.63, 3.8) is 0 Å². The van der Waals surface area contributed by atoms with Gasteiger partial charge in [0.15, 0.2) is 0 Å². The number of hydrogen-bond donors (Lipinski definition) is 1. The van der Waals surface area contributed by atoms with Gasteiger partial charge in [-0.15, -0.1) is 0 Å². The monoisotopic (exact) mass is 247 g/mol. The Morgan fingerprint density at radius 1 is 1.46 bits per heavy atom. The normalized spacial score (nSPS) is 28.8. The zero-order chi connectivity index (χ0) is 9.68.